The molecule has 2 aromatic heterocycles. The van der Waals surface area contributed by atoms with Gasteiger partial charge < -0.3 is 14.8 Å². The van der Waals surface area contributed by atoms with Gasteiger partial charge in [-0.3, -0.25) is 4.98 Å². The Morgan fingerprint density at radius 2 is 2.11 bits per heavy atom. The fourth-order valence-electron chi connectivity index (χ4n) is 3.47. The van der Waals surface area contributed by atoms with E-state index in [-0.39, 0.29) is 12.1 Å². The second-order valence-electron chi connectivity index (χ2n) is 7.13. The molecule has 2 amide bonds. The van der Waals surface area contributed by atoms with Gasteiger partial charge in [0, 0.05) is 31.7 Å². The van der Waals surface area contributed by atoms with E-state index < -0.39 is 0 Å². The Kier molecular flexibility index (Phi) is 6.63. The number of pyridine rings is 1. The van der Waals surface area contributed by atoms with Gasteiger partial charge in [0.15, 0.2) is 0 Å². The number of aryl methyl sites for hydroxylation is 1. The Bertz CT molecular complexity index is 906. The SMILES string of the molecule is CCCC[C@H](c1cccnc1)N(C)C(=O)Nc1ccc2c(c1)ncn2CCC. The Morgan fingerprint density at radius 3 is 2.82 bits per heavy atom. The highest BCUT2D eigenvalue weighted by Gasteiger charge is 2.21. The zero-order chi connectivity index (χ0) is 19.9. The van der Waals surface area contributed by atoms with Crippen molar-refractivity contribution in [1.29, 1.82) is 0 Å². The number of unbranched alkanes of at least 4 members (excludes halogenated alkanes) is 1. The molecule has 0 saturated heterocycles. The second kappa shape index (κ2) is 9.35. The lowest BCUT2D eigenvalue weighted by Gasteiger charge is -2.28. The van der Waals surface area contributed by atoms with E-state index in [1.165, 1.54) is 0 Å². The van der Waals surface area contributed by atoms with Crippen molar-refractivity contribution in [2.45, 2.75) is 52.1 Å². The Hall–Kier alpha value is -2.89. The first kappa shape index (κ1) is 19.9. The summed E-state index contributed by atoms with van der Waals surface area (Å²) in [5.74, 6) is 0. The first-order chi connectivity index (χ1) is 13.6. The van der Waals surface area contributed by atoms with E-state index in [9.17, 15) is 4.79 Å². The van der Waals surface area contributed by atoms with Crippen LogP contribution < -0.4 is 5.32 Å². The summed E-state index contributed by atoms with van der Waals surface area (Å²) in [4.78, 5) is 23.4. The van der Waals surface area contributed by atoms with Gasteiger partial charge in [-0.05, 0) is 42.7 Å². The third-order valence-electron chi connectivity index (χ3n) is 5.02. The highest BCUT2D eigenvalue weighted by molar-refractivity contribution is 5.92. The van der Waals surface area contributed by atoms with E-state index in [4.69, 9.17) is 0 Å². The molecule has 148 valence electrons. The summed E-state index contributed by atoms with van der Waals surface area (Å²) in [6.07, 6.45) is 9.56. The molecule has 0 aliphatic heterocycles. The minimum absolute atomic E-state index is 0.00106. The highest BCUT2D eigenvalue weighted by atomic mass is 16.2. The number of imidazole rings is 1. The average molecular weight is 380 g/mol. The van der Waals surface area contributed by atoms with Crippen molar-refractivity contribution >= 4 is 22.8 Å². The van der Waals surface area contributed by atoms with E-state index in [1.807, 2.05) is 49.9 Å². The van der Waals surface area contributed by atoms with Crippen LogP contribution in [-0.2, 0) is 6.54 Å². The summed E-state index contributed by atoms with van der Waals surface area (Å²) < 4.78 is 2.14. The lowest BCUT2D eigenvalue weighted by molar-refractivity contribution is 0.200. The normalized spacial score (nSPS) is 12.1. The molecule has 28 heavy (non-hydrogen) atoms. The van der Waals surface area contributed by atoms with E-state index in [0.29, 0.717) is 0 Å². The number of nitrogens with zero attached hydrogens (tertiary/aromatic N) is 4. The molecule has 0 bridgehead atoms. The van der Waals surface area contributed by atoms with Gasteiger partial charge in [-0.2, -0.15) is 0 Å². The summed E-state index contributed by atoms with van der Waals surface area (Å²) in [5, 5.41) is 3.02. The molecule has 0 unspecified atom stereocenters. The topological polar surface area (TPSA) is 63.1 Å². The lowest BCUT2D eigenvalue weighted by atomic mass is 10.0. The van der Waals surface area contributed by atoms with Gasteiger partial charge in [-0.25, -0.2) is 9.78 Å². The summed E-state index contributed by atoms with van der Waals surface area (Å²) in [6, 6.07) is 9.71. The number of rotatable bonds is 8. The first-order valence-electron chi connectivity index (χ1n) is 10.0. The lowest BCUT2D eigenvalue weighted by Crippen LogP contribution is -2.35. The Labute approximate surface area is 166 Å². The number of anilines is 1. The fourth-order valence-corrected chi connectivity index (χ4v) is 3.47. The molecule has 0 saturated carbocycles. The molecular formula is C22H29N5O. The average Bonchev–Trinajstić information content (AvgIpc) is 3.11. The number of nitrogens with one attached hydrogen (secondary N) is 1. The van der Waals surface area contributed by atoms with Crippen molar-refractivity contribution in [3.8, 4) is 0 Å². The summed E-state index contributed by atoms with van der Waals surface area (Å²) >= 11 is 0. The van der Waals surface area contributed by atoms with Gasteiger partial charge in [0.25, 0.3) is 0 Å². The summed E-state index contributed by atoms with van der Waals surface area (Å²) in [7, 11) is 1.84. The predicted molar refractivity (Wildman–Crippen MR) is 113 cm³/mol. The van der Waals surface area contributed by atoms with Crippen molar-refractivity contribution in [2.75, 3.05) is 12.4 Å². The van der Waals surface area contributed by atoms with E-state index in [2.05, 4.69) is 33.7 Å². The van der Waals surface area contributed by atoms with Crippen LogP contribution >= 0.6 is 0 Å². The van der Waals surface area contributed by atoms with Gasteiger partial charge >= 0.3 is 6.03 Å². The van der Waals surface area contributed by atoms with Gasteiger partial charge in [-0.15, -0.1) is 0 Å². The quantitative estimate of drug-likeness (QED) is 0.582. The predicted octanol–water partition coefficient (Wildman–Crippen LogP) is 5.24. The second-order valence-corrected chi connectivity index (χ2v) is 7.13. The smallest absolute Gasteiger partial charge is 0.322 e. The number of carbonyl (C=O) groups excluding carboxylic acids is 1. The molecule has 0 spiro atoms. The third-order valence-corrected chi connectivity index (χ3v) is 5.02. The van der Waals surface area contributed by atoms with Gasteiger partial charge in [0.2, 0.25) is 0 Å². The van der Waals surface area contributed by atoms with E-state index in [1.54, 1.807) is 11.1 Å². The number of hydrogen-bond donors (Lipinski definition) is 1. The zero-order valence-electron chi connectivity index (χ0n) is 16.9. The minimum atomic E-state index is -0.128. The van der Waals surface area contributed by atoms with Crippen LogP contribution in [0, 0.1) is 0 Å². The highest BCUT2D eigenvalue weighted by Crippen LogP contribution is 2.26. The van der Waals surface area contributed by atoms with Crippen LogP contribution in [0.15, 0.2) is 49.1 Å². The number of carbonyl (C=O) groups is 1. The van der Waals surface area contributed by atoms with Crippen molar-refractivity contribution < 1.29 is 4.79 Å². The molecule has 0 fully saturated rings. The van der Waals surface area contributed by atoms with Gasteiger partial charge in [-0.1, -0.05) is 32.8 Å². The molecule has 0 aliphatic carbocycles. The zero-order valence-corrected chi connectivity index (χ0v) is 16.9. The van der Waals surface area contributed by atoms with Gasteiger partial charge in [0.05, 0.1) is 23.4 Å². The number of amides is 2. The number of fused-ring (bicyclic) bond motifs is 1. The number of aromatic nitrogens is 3. The van der Waals surface area contributed by atoms with Crippen LogP contribution in [0.1, 0.15) is 51.1 Å². The van der Waals surface area contributed by atoms with E-state index in [0.717, 1.165) is 54.5 Å². The molecule has 1 atom stereocenters. The molecular weight excluding hydrogens is 350 g/mol. The van der Waals surface area contributed by atoms with Crippen molar-refractivity contribution in [1.82, 2.24) is 19.4 Å². The third kappa shape index (κ3) is 4.50. The molecule has 6 heteroatoms. The first-order valence-corrected chi connectivity index (χ1v) is 10.0. The van der Waals surface area contributed by atoms with Gasteiger partial charge in [0.1, 0.15) is 0 Å². The van der Waals surface area contributed by atoms with Crippen molar-refractivity contribution in [3.05, 3.63) is 54.6 Å². The van der Waals surface area contributed by atoms with Crippen LogP contribution in [0.25, 0.3) is 11.0 Å². The van der Waals surface area contributed by atoms with Crippen LogP contribution in [0.3, 0.4) is 0 Å². The summed E-state index contributed by atoms with van der Waals surface area (Å²) in [5.41, 5.74) is 3.79. The maximum absolute atomic E-state index is 12.9. The molecule has 3 aromatic rings. The molecule has 0 radical (unpaired) electrons. The molecule has 1 N–H and O–H groups in total. The van der Waals surface area contributed by atoms with Crippen LogP contribution in [0.5, 0.6) is 0 Å². The summed E-state index contributed by atoms with van der Waals surface area (Å²) in [6.45, 7) is 5.25. The number of hydrogen-bond acceptors (Lipinski definition) is 3. The molecule has 0 aliphatic rings. The monoisotopic (exact) mass is 379 g/mol. The Balaban J connectivity index is 1.75. The fraction of sp³-hybridized carbons (Fsp3) is 0.409. The van der Waals surface area contributed by atoms with Crippen LogP contribution in [0.2, 0.25) is 0 Å². The molecule has 3 rings (SSSR count). The number of urea groups is 1. The Morgan fingerprint density at radius 1 is 1.25 bits per heavy atom. The maximum atomic E-state index is 12.9. The molecule has 6 nitrogen and oxygen atoms in total. The minimum Gasteiger partial charge on any atom is -0.331 e. The maximum Gasteiger partial charge on any atom is 0.322 e. The van der Waals surface area contributed by atoms with Crippen molar-refractivity contribution in [3.63, 3.8) is 0 Å². The van der Waals surface area contributed by atoms with Crippen LogP contribution in [0.4, 0.5) is 10.5 Å². The molecule has 2 heterocycles. The number of benzene rings is 1. The van der Waals surface area contributed by atoms with Crippen LogP contribution in [-0.4, -0.2) is 32.5 Å². The molecule has 1 aromatic carbocycles. The standard InChI is InChI=1S/C22H29N5O/c1-4-6-9-20(17-8-7-12-23-15-17)26(3)22(28)25-18-10-11-21-19(14-18)24-16-27(21)13-5-2/h7-8,10-12,14-16,20H,4-6,9,13H2,1-3H3,(H,25,28)/t20-/m1/s1. The van der Waals surface area contributed by atoms with Crippen molar-refractivity contribution in [2.24, 2.45) is 0 Å². The largest absolute Gasteiger partial charge is 0.331 e. The van der Waals surface area contributed by atoms with E-state index >= 15 is 0 Å².